The van der Waals surface area contributed by atoms with Crippen LogP contribution in [-0.4, -0.2) is 15.0 Å². The standard InChI is InChI=1S/C17H13N3/c1-11-7-8-14-13(9-11)15-16(12-5-3-2-4-6-12)18-10-19-17(15)20-14/h2-10H,1H3,(H,18,19,20). The van der Waals surface area contributed by atoms with E-state index in [9.17, 15) is 0 Å². The van der Waals surface area contributed by atoms with Gasteiger partial charge in [-0.1, -0.05) is 42.0 Å². The highest BCUT2D eigenvalue weighted by atomic mass is 14.9. The molecule has 20 heavy (non-hydrogen) atoms. The average Bonchev–Trinajstić information content (AvgIpc) is 2.86. The molecule has 0 aliphatic heterocycles. The van der Waals surface area contributed by atoms with Crippen molar-refractivity contribution < 1.29 is 0 Å². The fourth-order valence-electron chi connectivity index (χ4n) is 2.65. The van der Waals surface area contributed by atoms with Crippen molar-refractivity contribution in [3.8, 4) is 11.3 Å². The van der Waals surface area contributed by atoms with Crippen LogP contribution in [0, 0.1) is 6.92 Å². The predicted octanol–water partition coefficient (Wildman–Crippen LogP) is 4.09. The van der Waals surface area contributed by atoms with Gasteiger partial charge < -0.3 is 4.98 Å². The van der Waals surface area contributed by atoms with E-state index in [-0.39, 0.29) is 0 Å². The Labute approximate surface area is 116 Å². The highest BCUT2D eigenvalue weighted by Crippen LogP contribution is 2.32. The summed E-state index contributed by atoms with van der Waals surface area (Å²) < 4.78 is 0. The first-order valence-corrected chi connectivity index (χ1v) is 6.61. The third kappa shape index (κ3) is 1.60. The van der Waals surface area contributed by atoms with Crippen LogP contribution in [0.4, 0.5) is 0 Å². The lowest BCUT2D eigenvalue weighted by Crippen LogP contribution is -1.87. The second kappa shape index (κ2) is 4.17. The summed E-state index contributed by atoms with van der Waals surface area (Å²) in [5.74, 6) is 0. The molecule has 0 amide bonds. The largest absolute Gasteiger partial charge is 0.339 e. The molecule has 2 heterocycles. The van der Waals surface area contributed by atoms with Gasteiger partial charge in [-0.05, 0) is 19.1 Å². The number of H-pyrrole nitrogens is 1. The summed E-state index contributed by atoms with van der Waals surface area (Å²) in [6.45, 7) is 2.10. The molecule has 0 unspecified atom stereocenters. The van der Waals surface area contributed by atoms with Gasteiger partial charge in [0.2, 0.25) is 0 Å². The Bertz CT molecular complexity index is 907. The highest BCUT2D eigenvalue weighted by Gasteiger charge is 2.12. The van der Waals surface area contributed by atoms with Crippen LogP contribution in [0.1, 0.15) is 5.56 Å². The van der Waals surface area contributed by atoms with E-state index in [1.54, 1.807) is 6.33 Å². The fraction of sp³-hybridized carbons (Fsp3) is 0.0588. The number of benzene rings is 2. The van der Waals surface area contributed by atoms with Crippen molar-refractivity contribution in [2.45, 2.75) is 6.92 Å². The predicted molar refractivity (Wildman–Crippen MR) is 81.6 cm³/mol. The summed E-state index contributed by atoms with van der Waals surface area (Å²) in [6, 6.07) is 16.6. The Balaban J connectivity index is 2.16. The molecule has 2 aromatic heterocycles. The maximum absolute atomic E-state index is 4.50. The number of nitrogens with one attached hydrogen (secondary N) is 1. The molecule has 0 spiro atoms. The zero-order valence-corrected chi connectivity index (χ0v) is 11.1. The Kier molecular flexibility index (Phi) is 2.33. The first-order valence-electron chi connectivity index (χ1n) is 6.61. The van der Waals surface area contributed by atoms with Crippen LogP contribution in [-0.2, 0) is 0 Å². The molecule has 0 bridgehead atoms. The molecular weight excluding hydrogens is 246 g/mol. The fourth-order valence-corrected chi connectivity index (χ4v) is 2.65. The van der Waals surface area contributed by atoms with Crippen molar-refractivity contribution in [2.24, 2.45) is 0 Å². The molecule has 0 fully saturated rings. The minimum atomic E-state index is 0.888. The second-order valence-corrected chi connectivity index (χ2v) is 4.99. The summed E-state index contributed by atoms with van der Waals surface area (Å²) in [7, 11) is 0. The number of aromatic amines is 1. The van der Waals surface area contributed by atoms with E-state index >= 15 is 0 Å². The Morgan fingerprint density at radius 3 is 2.65 bits per heavy atom. The minimum Gasteiger partial charge on any atom is -0.339 e. The molecule has 0 aliphatic carbocycles. The lowest BCUT2D eigenvalue weighted by atomic mass is 10.1. The summed E-state index contributed by atoms with van der Waals surface area (Å²) >= 11 is 0. The lowest BCUT2D eigenvalue weighted by Gasteiger charge is -2.02. The smallest absolute Gasteiger partial charge is 0.142 e. The first-order chi connectivity index (χ1) is 9.83. The van der Waals surface area contributed by atoms with E-state index in [0.29, 0.717) is 0 Å². The van der Waals surface area contributed by atoms with Crippen LogP contribution in [0.15, 0.2) is 54.9 Å². The van der Waals surface area contributed by atoms with Crippen molar-refractivity contribution in [3.05, 3.63) is 60.4 Å². The third-order valence-corrected chi connectivity index (χ3v) is 3.59. The Hall–Kier alpha value is -2.68. The molecule has 3 nitrogen and oxygen atoms in total. The molecule has 0 aliphatic rings. The van der Waals surface area contributed by atoms with Crippen LogP contribution < -0.4 is 0 Å². The van der Waals surface area contributed by atoms with Gasteiger partial charge in [-0.2, -0.15) is 0 Å². The van der Waals surface area contributed by atoms with Gasteiger partial charge in [0.15, 0.2) is 0 Å². The number of hydrogen-bond donors (Lipinski definition) is 1. The number of aryl methyl sites for hydroxylation is 1. The Morgan fingerprint density at radius 2 is 1.80 bits per heavy atom. The highest BCUT2D eigenvalue weighted by molar-refractivity contribution is 6.12. The van der Waals surface area contributed by atoms with Crippen molar-refractivity contribution in [1.82, 2.24) is 15.0 Å². The summed E-state index contributed by atoms with van der Waals surface area (Å²) in [5.41, 5.74) is 5.32. The lowest BCUT2D eigenvalue weighted by molar-refractivity contribution is 1.21. The zero-order chi connectivity index (χ0) is 13.5. The molecule has 3 heteroatoms. The quantitative estimate of drug-likeness (QED) is 0.559. The van der Waals surface area contributed by atoms with Crippen LogP contribution in [0.2, 0.25) is 0 Å². The topological polar surface area (TPSA) is 41.6 Å². The van der Waals surface area contributed by atoms with Gasteiger partial charge in [-0.25, -0.2) is 9.97 Å². The van der Waals surface area contributed by atoms with Crippen LogP contribution in [0.25, 0.3) is 33.2 Å². The van der Waals surface area contributed by atoms with Gasteiger partial charge in [0.1, 0.15) is 12.0 Å². The molecular formula is C17H13N3. The second-order valence-electron chi connectivity index (χ2n) is 4.99. The van der Waals surface area contributed by atoms with Crippen molar-refractivity contribution in [1.29, 1.82) is 0 Å². The first kappa shape index (κ1) is 11.2. The zero-order valence-electron chi connectivity index (χ0n) is 11.1. The molecule has 4 aromatic rings. The van der Waals surface area contributed by atoms with Crippen molar-refractivity contribution >= 4 is 21.9 Å². The maximum Gasteiger partial charge on any atom is 0.142 e. The van der Waals surface area contributed by atoms with Crippen molar-refractivity contribution in [3.63, 3.8) is 0 Å². The van der Waals surface area contributed by atoms with Gasteiger partial charge in [-0.15, -0.1) is 0 Å². The molecule has 1 N–H and O–H groups in total. The Morgan fingerprint density at radius 1 is 0.950 bits per heavy atom. The number of aromatic nitrogens is 3. The van der Waals surface area contributed by atoms with E-state index in [1.165, 1.54) is 10.9 Å². The molecule has 0 saturated heterocycles. The van der Waals surface area contributed by atoms with Gasteiger partial charge in [-0.3, -0.25) is 0 Å². The van der Waals surface area contributed by atoms with E-state index < -0.39 is 0 Å². The summed E-state index contributed by atoms with van der Waals surface area (Å²) in [6.07, 6.45) is 1.62. The van der Waals surface area contributed by atoms with Gasteiger partial charge in [0, 0.05) is 16.5 Å². The van der Waals surface area contributed by atoms with E-state index in [1.807, 2.05) is 18.2 Å². The SMILES string of the molecule is Cc1ccc2[nH]c3ncnc(-c4ccccc4)c3c2c1. The van der Waals surface area contributed by atoms with Crippen LogP contribution in [0.3, 0.4) is 0 Å². The van der Waals surface area contributed by atoms with E-state index in [0.717, 1.165) is 27.8 Å². The number of fused-ring (bicyclic) bond motifs is 3. The number of nitrogens with zero attached hydrogens (tertiary/aromatic N) is 2. The molecule has 96 valence electrons. The summed E-state index contributed by atoms with van der Waals surface area (Å²) in [5, 5.41) is 2.27. The van der Waals surface area contributed by atoms with Gasteiger partial charge in [0.25, 0.3) is 0 Å². The molecule has 4 rings (SSSR count). The van der Waals surface area contributed by atoms with Gasteiger partial charge >= 0.3 is 0 Å². The average molecular weight is 259 g/mol. The maximum atomic E-state index is 4.50. The monoisotopic (exact) mass is 259 g/mol. The van der Waals surface area contributed by atoms with Crippen LogP contribution in [0.5, 0.6) is 0 Å². The molecule has 0 atom stereocenters. The molecule has 0 saturated carbocycles. The number of hydrogen-bond acceptors (Lipinski definition) is 2. The summed E-state index contributed by atoms with van der Waals surface area (Å²) in [4.78, 5) is 12.2. The van der Waals surface area contributed by atoms with Gasteiger partial charge in [0.05, 0.1) is 11.1 Å². The normalized spacial score (nSPS) is 11.2. The van der Waals surface area contributed by atoms with E-state index in [2.05, 4.69) is 52.2 Å². The molecule has 0 radical (unpaired) electrons. The number of rotatable bonds is 1. The third-order valence-electron chi connectivity index (χ3n) is 3.59. The molecule has 2 aromatic carbocycles. The van der Waals surface area contributed by atoms with Crippen LogP contribution >= 0.6 is 0 Å². The minimum absolute atomic E-state index is 0.888. The van der Waals surface area contributed by atoms with Crippen molar-refractivity contribution in [2.75, 3.05) is 0 Å². The van der Waals surface area contributed by atoms with E-state index in [4.69, 9.17) is 0 Å².